The third kappa shape index (κ3) is 8.11. The van der Waals surface area contributed by atoms with Crippen molar-refractivity contribution in [3.63, 3.8) is 0 Å². The van der Waals surface area contributed by atoms with Gasteiger partial charge in [0.1, 0.15) is 0 Å². The molecule has 0 fully saturated rings. The SMILES string of the molecule is CCCNOP(C)(=O)O. The first-order chi connectivity index (χ1) is 4.06. The summed E-state index contributed by atoms with van der Waals surface area (Å²) >= 11 is 0. The number of hydrogen-bond acceptors (Lipinski definition) is 3. The van der Waals surface area contributed by atoms with Crippen molar-refractivity contribution in [1.82, 2.24) is 5.48 Å². The molecule has 0 amide bonds. The summed E-state index contributed by atoms with van der Waals surface area (Å²) in [5.41, 5.74) is 2.36. The fraction of sp³-hybridized carbons (Fsp3) is 1.00. The molecule has 0 aromatic carbocycles. The molecule has 0 aromatic rings. The maximum atomic E-state index is 10.4. The van der Waals surface area contributed by atoms with E-state index in [2.05, 4.69) is 10.1 Å². The van der Waals surface area contributed by atoms with E-state index in [0.29, 0.717) is 6.54 Å². The highest BCUT2D eigenvalue weighted by Gasteiger charge is 2.07. The van der Waals surface area contributed by atoms with Crippen molar-refractivity contribution in [1.29, 1.82) is 0 Å². The quantitative estimate of drug-likeness (QED) is 0.355. The molecule has 5 heteroatoms. The van der Waals surface area contributed by atoms with Crippen LogP contribution in [0.4, 0.5) is 0 Å². The maximum absolute atomic E-state index is 10.4. The molecule has 0 saturated heterocycles. The summed E-state index contributed by atoms with van der Waals surface area (Å²) in [5, 5.41) is 0. The Balaban J connectivity index is 3.18. The van der Waals surface area contributed by atoms with Crippen molar-refractivity contribution in [2.75, 3.05) is 13.2 Å². The highest BCUT2D eigenvalue weighted by atomic mass is 31.2. The minimum Gasteiger partial charge on any atom is -0.324 e. The van der Waals surface area contributed by atoms with E-state index >= 15 is 0 Å². The lowest BCUT2D eigenvalue weighted by atomic mass is 10.5. The second kappa shape index (κ2) is 4.01. The van der Waals surface area contributed by atoms with Gasteiger partial charge in [-0.25, -0.2) is 4.62 Å². The van der Waals surface area contributed by atoms with Crippen LogP contribution in [-0.2, 0) is 9.19 Å². The van der Waals surface area contributed by atoms with Crippen molar-refractivity contribution in [3.8, 4) is 0 Å². The third-order valence-electron chi connectivity index (χ3n) is 0.586. The third-order valence-corrected chi connectivity index (χ3v) is 1.05. The second-order valence-corrected chi connectivity index (χ2v) is 3.58. The minimum atomic E-state index is -3.31. The molecule has 1 atom stereocenters. The average molecular weight is 153 g/mol. The van der Waals surface area contributed by atoms with E-state index in [-0.39, 0.29) is 0 Å². The molecule has 0 aromatic heterocycles. The predicted molar refractivity (Wildman–Crippen MR) is 35.1 cm³/mol. The van der Waals surface area contributed by atoms with Crippen molar-refractivity contribution >= 4 is 7.60 Å². The molecule has 4 nitrogen and oxygen atoms in total. The number of hydrogen-bond donors (Lipinski definition) is 2. The summed E-state index contributed by atoms with van der Waals surface area (Å²) < 4.78 is 14.7. The molecule has 0 aliphatic carbocycles. The maximum Gasteiger partial charge on any atom is 0.341 e. The predicted octanol–water partition coefficient (Wildman–Crippen LogP) is 0.733. The summed E-state index contributed by atoms with van der Waals surface area (Å²) in [5.74, 6) is 0. The van der Waals surface area contributed by atoms with Gasteiger partial charge >= 0.3 is 7.60 Å². The number of hydroxylamine groups is 1. The van der Waals surface area contributed by atoms with Crippen LogP contribution in [0.25, 0.3) is 0 Å². The molecule has 0 aliphatic heterocycles. The van der Waals surface area contributed by atoms with Gasteiger partial charge in [-0.2, -0.15) is 5.48 Å². The molecule has 0 rings (SSSR count). The van der Waals surface area contributed by atoms with E-state index in [1.807, 2.05) is 6.92 Å². The van der Waals surface area contributed by atoms with Crippen LogP contribution in [0.2, 0.25) is 0 Å². The van der Waals surface area contributed by atoms with Crippen LogP contribution in [0.5, 0.6) is 0 Å². The van der Waals surface area contributed by atoms with E-state index in [1.54, 1.807) is 0 Å². The lowest BCUT2D eigenvalue weighted by molar-refractivity contribution is 0.170. The van der Waals surface area contributed by atoms with Gasteiger partial charge in [0.25, 0.3) is 0 Å². The Morgan fingerprint density at radius 2 is 2.33 bits per heavy atom. The Labute approximate surface area is 54.7 Å². The largest absolute Gasteiger partial charge is 0.341 e. The van der Waals surface area contributed by atoms with Crippen LogP contribution < -0.4 is 5.48 Å². The van der Waals surface area contributed by atoms with Gasteiger partial charge in [-0.05, 0) is 6.42 Å². The zero-order chi connectivity index (χ0) is 7.33. The van der Waals surface area contributed by atoms with Crippen LogP contribution in [0.15, 0.2) is 0 Å². The molecule has 1 unspecified atom stereocenters. The standard InChI is InChI=1S/C4H12NO3P/c1-3-4-5-8-9(2,6)7/h5H,3-4H2,1-2H3,(H,6,7). The van der Waals surface area contributed by atoms with Crippen molar-refractivity contribution in [2.45, 2.75) is 13.3 Å². The molecule has 0 saturated carbocycles. The normalized spacial score (nSPS) is 17.2. The fourth-order valence-corrected chi connectivity index (χ4v) is 0.598. The highest BCUT2D eigenvalue weighted by molar-refractivity contribution is 7.51. The van der Waals surface area contributed by atoms with Crippen molar-refractivity contribution in [3.05, 3.63) is 0 Å². The van der Waals surface area contributed by atoms with E-state index in [4.69, 9.17) is 4.89 Å². The van der Waals surface area contributed by atoms with E-state index in [9.17, 15) is 4.57 Å². The van der Waals surface area contributed by atoms with Crippen LogP contribution in [0, 0.1) is 0 Å². The Bertz CT molecular complexity index is 110. The van der Waals surface area contributed by atoms with Gasteiger partial charge in [-0.1, -0.05) is 6.92 Å². The highest BCUT2D eigenvalue weighted by Crippen LogP contribution is 2.34. The Kier molecular flexibility index (Phi) is 4.06. The van der Waals surface area contributed by atoms with Gasteiger partial charge in [0, 0.05) is 13.2 Å². The summed E-state index contributed by atoms with van der Waals surface area (Å²) in [6.45, 7) is 3.67. The molecule has 56 valence electrons. The Morgan fingerprint density at radius 1 is 1.78 bits per heavy atom. The average Bonchev–Trinajstić information content (AvgIpc) is 1.63. The lowest BCUT2D eigenvalue weighted by Gasteiger charge is -2.05. The topological polar surface area (TPSA) is 58.6 Å². The summed E-state index contributed by atoms with van der Waals surface area (Å²) in [6, 6.07) is 0. The van der Waals surface area contributed by atoms with Gasteiger partial charge < -0.3 is 4.89 Å². The van der Waals surface area contributed by atoms with E-state index in [1.165, 1.54) is 0 Å². The summed E-state index contributed by atoms with van der Waals surface area (Å²) in [6.07, 6.45) is 0.875. The molecule has 0 heterocycles. The second-order valence-electron chi connectivity index (χ2n) is 1.79. The molecular formula is C4H12NO3P. The number of nitrogens with one attached hydrogen (secondary N) is 1. The first-order valence-corrected chi connectivity index (χ1v) is 4.80. The van der Waals surface area contributed by atoms with Crippen molar-refractivity contribution in [2.24, 2.45) is 0 Å². The van der Waals surface area contributed by atoms with Crippen LogP contribution >= 0.6 is 7.60 Å². The molecule has 0 bridgehead atoms. The molecule has 9 heavy (non-hydrogen) atoms. The monoisotopic (exact) mass is 153 g/mol. The Morgan fingerprint density at radius 3 is 2.67 bits per heavy atom. The first kappa shape index (κ1) is 9.11. The van der Waals surface area contributed by atoms with E-state index < -0.39 is 7.60 Å². The van der Waals surface area contributed by atoms with Gasteiger partial charge in [0.2, 0.25) is 0 Å². The fourth-order valence-electron chi connectivity index (χ4n) is 0.267. The van der Waals surface area contributed by atoms with Gasteiger partial charge in [-0.3, -0.25) is 4.57 Å². The molecule has 0 radical (unpaired) electrons. The van der Waals surface area contributed by atoms with Crippen LogP contribution in [-0.4, -0.2) is 18.1 Å². The molecule has 0 aliphatic rings. The zero-order valence-electron chi connectivity index (χ0n) is 5.63. The summed E-state index contributed by atoms with van der Waals surface area (Å²) in [4.78, 5) is 8.52. The minimum absolute atomic E-state index is 0.596. The smallest absolute Gasteiger partial charge is 0.324 e. The Hall–Kier alpha value is 0.110. The van der Waals surface area contributed by atoms with Gasteiger partial charge in [0.05, 0.1) is 0 Å². The van der Waals surface area contributed by atoms with Crippen molar-refractivity contribution < 1.29 is 14.1 Å². The summed E-state index contributed by atoms with van der Waals surface area (Å²) in [7, 11) is -3.31. The van der Waals surface area contributed by atoms with E-state index in [0.717, 1.165) is 13.1 Å². The van der Waals surface area contributed by atoms with Crippen LogP contribution in [0.1, 0.15) is 13.3 Å². The molecule has 0 spiro atoms. The molecular weight excluding hydrogens is 141 g/mol. The van der Waals surface area contributed by atoms with Crippen LogP contribution in [0.3, 0.4) is 0 Å². The first-order valence-electron chi connectivity index (χ1n) is 2.78. The van der Waals surface area contributed by atoms with Gasteiger partial charge in [-0.15, -0.1) is 0 Å². The zero-order valence-corrected chi connectivity index (χ0v) is 6.52. The molecule has 2 N–H and O–H groups in total. The number of rotatable bonds is 4. The van der Waals surface area contributed by atoms with Gasteiger partial charge in [0.15, 0.2) is 0 Å². The lowest BCUT2D eigenvalue weighted by Crippen LogP contribution is -2.12.